The van der Waals surface area contributed by atoms with Gasteiger partial charge in [0.2, 0.25) is 0 Å². The van der Waals surface area contributed by atoms with Gasteiger partial charge >= 0.3 is 0 Å². The highest BCUT2D eigenvalue weighted by molar-refractivity contribution is 6.30. The lowest BCUT2D eigenvalue weighted by molar-refractivity contribution is 0.247. The topological polar surface area (TPSA) is 23.8 Å². The number of piperazine rings is 1. The fourth-order valence-electron chi connectivity index (χ4n) is 3.97. The molecule has 0 atom stereocenters. The molecule has 3 heterocycles. The summed E-state index contributed by atoms with van der Waals surface area (Å²) in [5.74, 6) is 0. The molecule has 1 aliphatic rings. The number of rotatable bonds is 4. The average Bonchev–Trinajstić information content (AvgIpc) is 3.17. The first-order valence-corrected chi connectivity index (χ1v) is 10.4. The zero-order chi connectivity index (χ0) is 19.6. The first-order chi connectivity index (χ1) is 14.2. The van der Waals surface area contributed by atoms with Crippen molar-refractivity contribution >= 4 is 22.9 Å². The predicted molar refractivity (Wildman–Crippen MR) is 120 cm³/mol. The van der Waals surface area contributed by atoms with Crippen LogP contribution in [0.5, 0.6) is 0 Å². The summed E-state index contributed by atoms with van der Waals surface area (Å²) < 4.78 is 2.14. The van der Waals surface area contributed by atoms with E-state index in [0.29, 0.717) is 0 Å². The van der Waals surface area contributed by atoms with Gasteiger partial charge in [-0.15, -0.1) is 0 Å². The fraction of sp³-hybridized carbons (Fsp3) is 0.208. The van der Waals surface area contributed by atoms with Gasteiger partial charge in [0.05, 0.1) is 5.69 Å². The van der Waals surface area contributed by atoms with Gasteiger partial charge in [-0.25, -0.2) is 4.98 Å². The zero-order valence-corrected chi connectivity index (χ0v) is 17.0. The second-order valence-corrected chi connectivity index (χ2v) is 7.96. The van der Waals surface area contributed by atoms with Gasteiger partial charge in [0.15, 0.2) is 0 Å². The Morgan fingerprint density at radius 2 is 1.52 bits per heavy atom. The number of hydrogen-bond acceptors (Lipinski definition) is 3. The normalized spacial score (nSPS) is 15.1. The van der Waals surface area contributed by atoms with Crippen molar-refractivity contribution in [2.45, 2.75) is 6.54 Å². The van der Waals surface area contributed by atoms with Crippen molar-refractivity contribution in [3.63, 3.8) is 0 Å². The molecule has 5 heteroatoms. The summed E-state index contributed by atoms with van der Waals surface area (Å²) in [6, 6.07) is 22.8. The van der Waals surface area contributed by atoms with Gasteiger partial charge in [-0.1, -0.05) is 41.9 Å². The van der Waals surface area contributed by atoms with Crippen LogP contribution < -0.4 is 4.90 Å². The second-order valence-electron chi connectivity index (χ2n) is 7.52. The molecule has 2 aromatic carbocycles. The van der Waals surface area contributed by atoms with Crippen LogP contribution in [0.4, 0.5) is 5.69 Å². The molecule has 1 aliphatic heterocycles. The van der Waals surface area contributed by atoms with Gasteiger partial charge in [0, 0.05) is 55.8 Å². The molecule has 0 saturated carbocycles. The van der Waals surface area contributed by atoms with E-state index in [1.165, 1.54) is 16.8 Å². The maximum Gasteiger partial charge on any atom is 0.137 e. The minimum atomic E-state index is 0.787. The predicted octanol–water partition coefficient (Wildman–Crippen LogP) is 4.98. The number of nitrogens with zero attached hydrogens (tertiary/aromatic N) is 4. The summed E-state index contributed by atoms with van der Waals surface area (Å²) in [6.07, 6.45) is 4.33. The molecule has 1 saturated heterocycles. The molecular formula is C24H23ClN4. The monoisotopic (exact) mass is 402 g/mol. The van der Waals surface area contributed by atoms with Crippen molar-refractivity contribution in [3.8, 4) is 11.1 Å². The molecule has 0 N–H and O–H groups in total. The largest absolute Gasteiger partial charge is 0.369 e. The SMILES string of the molecule is Clc1ccc(N2CCN(Cc3cn4cc(-c5ccccc5)ccc4n3)CC2)cc1. The van der Waals surface area contributed by atoms with Gasteiger partial charge in [0.25, 0.3) is 0 Å². The van der Waals surface area contributed by atoms with E-state index in [2.05, 4.69) is 75.1 Å². The molecular weight excluding hydrogens is 380 g/mol. The molecule has 0 aliphatic carbocycles. The zero-order valence-electron chi connectivity index (χ0n) is 16.2. The van der Waals surface area contributed by atoms with Crippen LogP contribution in [-0.2, 0) is 6.54 Å². The highest BCUT2D eigenvalue weighted by atomic mass is 35.5. The lowest BCUT2D eigenvalue weighted by Gasteiger charge is -2.35. The molecule has 0 bridgehead atoms. The molecule has 0 spiro atoms. The van der Waals surface area contributed by atoms with Crippen LogP contribution in [0.25, 0.3) is 16.8 Å². The fourth-order valence-corrected chi connectivity index (χ4v) is 4.09. The number of halogens is 1. The van der Waals surface area contributed by atoms with Crippen LogP contribution in [-0.4, -0.2) is 40.5 Å². The Morgan fingerprint density at radius 1 is 0.759 bits per heavy atom. The van der Waals surface area contributed by atoms with E-state index in [-0.39, 0.29) is 0 Å². The molecule has 5 rings (SSSR count). The number of imidazole rings is 1. The van der Waals surface area contributed by atoms with E-state index in [1.54, 1.807) is 0 Å². The maximum absolute atomic E-state index is 6.01. The number of benzene rings is 2. The van der Waals surface area contributed by atoms with E-state index >= 15 is 0 Å². The van der Waals surface area contributed by atoms with E-state index in [0.717, 1.165) is 49.1 Å². The summed E-state index contributed by atoms with van der Waals surface area (Å²) in [5.41, 5.74) is 5.80. The molecule has 146 valence electrons. The van der Waals surface area contributed by atoms with Crippen LogP contribution in [0.3, 0.4) is 0 Å². The van der Waals surface area contributed by atoms with Gasteiger partial charge in [-0.3, -0.25) is 4.90 Å². The third-order valence-corrected chi connectivity index (χ3v) is 5.81. The first kappa shape index (κ1) is 18.2. The standard InChI is InChI=1S/C24H23ClN4/c25-21-7-9-23(10-8-21)28-14-12-27(13-15-28)17-22-18-29-16-20(6-11-24(29)26-22)19-4-2-1-3-5-19/h1-11,16,18H,12-15,17H2. The van der Waals surface area contributed by atoms with Crippen LogP contribution in [0.1, 0.15) is 5.69 Å². The van der Waals surface area contributed by atoms with E-state index < -0.39 is 0 Å². The molecule has 4 aromatic rings. The van der Waals surface area contributed by atoms with Crippen molar-refractivity contribution in [1.29, 1.82) is 0 Å². The van der Waals surface area contributed by atoms with E-state index in [4.69, 9.17) is 16.6 Å². The smallest absolute Gasteiger partial charge is 0.137 e. The Labute approximate surface area is 176 Å². The Bertz CT molecular complexity index is 1100. The van der Waals surface area contributed by atoms with Crippen LogP contribution in [0.2, 0.25) is 5.02 Å². The summed E-state index contributed by atoms with van der Waals surface area (Å²) in [7, 11) is 0. The molecule has 0 unspecified atom stereocenters. The Morgan fingerprint density at radius 3 is 2.28 bits per heavy atom. The van der Waals surface area contributed by atoms with E-state index in [1.807, 2.05) is 18.2 Å². The van der Waals surface area contributed by atoms with Crippen molar-refractivity contribution in [2.24, 2.45) is 0 Å². The minimum Gasteiger partial charge on any atom is -0.369 e. The van der Waals surface area contributed by atoms with Gasteiger partial charge < -0.3 is 9.30 Å². The Kier molecular flexibility index (Phi) is 4.96. The summed E-state index contributed by atoms with van der Waals surface area (Å²) in [5, 5.41) is 0.787. The number of anilines is 1. The third kappa shape index (κ3) is 4.00. The molecule has 0 radical (unpaired) electrons. The average molecular weight is 403 g/mol. The van der Waals surface area contributed by atoms with Gasteiger partial charge in [-0.2, -0.15) is 0 Å². The summed E-state index contributed by atoms with van der Waals surface area (Å²) in [4.78, 5) is 9.72. The van der Waals surface area contributed by atoms with Crippen molar-refractivity contribution in [2.75, 3.05) is 31.1 Å². The highest BCUT2D eigenvalue weighted by Gasteiger charge is 2.18. The molecule has 0 amide bonds. The van der Waals surface area contributed by atoms with Crippen molar-refractivity contribution < 1.29 is 0 Å². The summed E-state index contributed by atoms with van der Waals surface area (Å²) >= 11 is 6.01. The number of hydrogen-bond donors (Lipinski definition) is 0. The number of fused-ring (bicyclic) bond motifs is 1. The van der Waals surface area contributed by atoms with Crippen molar-refractivity contribution in [1.82, 2.24) is 14.3 Å². The molecule has 1 fully saturated rings. The lowest BCUT2D eigenvalue weighted by atomic mass is 10.1. The maximum atomic E-state index is 6.01. The Hall–Kier alpha value is -2.82. The van der Waals surface area contributed by atoms with Gasteiger partial charge in [-0.05, 0) is 47.5 Å². The molecule has 29 heavy (non-hydrogen) atoms. The van der Waals surface area contributed by atoms with E-state index in [9.17, 15) is 0 Å². The van der Waals surface area contributed by atoms with Crippen LogP contribution in [0, 0.1) is 0 Å². The number of pyridine rings is 1. The highest BCUT2D eigenvalue weighted by Crippen LogP contribution is 2.22. The summed E-state index contributed by atoms with van der Waals surface area (Å²) in [6.45, 7) is 4.99. The lowest BCUT2D eigenvalue weighted by Crippen LogP contribution is -2.46. The van der Waals surface area contributed by atoms with Crippen LogP contribution in [0.15, 0.2) is 79.1 Å². The Balaban J connectivity index is 1.26. The minimum absolute atomic E-state index is 0.787. The van der Waals surface area contributed by atoms with Crippen LogP contribution >= 0.6 is 11.6 Å². The van der Waals surface area contributed by atoms with Gasteiger partial charge in [0.1, 0.15) is 5.65 Å². The first-order valence-electron chi connectivity index (χ1n) is 10.0. The quantitative estimate of drug-likeness (QED) is 0.481. The third-order valence-electron chi connectivity index (χ3n) is 5.56. The molecule has 2 aromatic heterocycles. The van der Waals surface area contributed by atoms with Crippen molar-refractivity contribution in [3.05, 3.63) is 89.8 Å². The number of aromatic nitrogens is 2. The molecule has 4 nitrogen and oxygen atoms in total. The second kappa shape index (κ2) is 7.90.